The van der Waals surface area contributed by atoms with E-state index in [1.54, 1.807) is 0 Å². The summed E-state index contributed by atoms with van der Waals surface area (Å²) in [5.74, 6) is -5.43. The number of aromatic nitrogens is 5. The zero-order valence-corrected chi connectivity index (χ0v) is 37.2. The molecule has 66 heavy (non-hydrogen) atoms. The Bertz CT molecular complexity index is 2890. The summed E-state index contributed by atoms with van der Waals surface area (Å²) in [7, 11) is -3.99. The lowest BCUT2D eigenvalue weighted by Gasteiger charge is -2.23. The summed E-state index contributed by atoms with van der Waals surface area (Å²) in [6.45, 7) is 1.03. The van der Waals surface area contributed by atoms with Crippen LogP contribution in [0.3, 0.4) is 0 Å². The number of hydrogen-bond acceptors (Lipinski definition) is 8. The van der Waals surface area contributed by atoms with E-state index >= 15 is 8.78 Å². The van der Waals surface area contributed by atoms with E-state index in [0.717, 1.165) is 31.4 Å². The number of anilines is 1. The molecule has 4 atom stereocenters. The number of aldehydes is 1. The fraction of sp³-hybridized carbons (Fsp3) is 0.366. The number of nitrogens with one attached hydrogen (secondary N) is 1. The molecule has 1 aliphatic rings. The van der Waals surface area contributed by atoms with Gasteiger partial charge in [0.25, 0.3) is 5.92 Å². The van der Waals surface area contributed by atoms with Gasteiger partial charge in [-0.1, -0.05) is 30.5 Å². The van der Waals surface area contributed by atoms with Crippen molar-refractivity contribution in [2.45, 2.75) is 81.7 Å². The lowest BCUT2D eigenvalue weighted by Crippen LogP contribution is -2.35. The molecule has 3 unspecified atom stereocenters. The molecule has 1 N–H and O–H groups in total. The maximum absolute atomic E-state index is 15.3. The van der Waals surface area contributed by atoms with Crippen LogP contribution >= 0.6 is 11.6 Å². The van der Waals surface area contributed by atoms with Gasteiger partial charge in [0.15, 0.2) is 11.5 Å². The van der Waals surface area contributed by atoms with Crippen LogP contribution in [0.15, 0.2) is 42.5 Å². The maximum Gasteiger partial charge on any atom is 0.435 e. The normalized spacial score (nSPS) is 16.3. The molecule has 0 saturated carbocycles. The van der Waals surface area contributed by atoms with E-state index < -0.39 is 140 Å². The average Bonchev–Trinajstić information content (AvgIpc) is 3.83. The number of hydrogen-bond donors (Lipinski definition) is 1. The lowest BCUT2D eigenvalue weighted by atomic mass is 9.93. The predicted octanol–water partition coefficient (Wildman–Crippen LogP) is 7.84. The van der Waals surface area contributed by atoms with Gasteiger partial charge in [-0.2, -0.15) is 45.3 Å². The van der Waals surface area contributed by atoms with Gasteiger partial charge in [-0.15, -0.1) is 0 Å². The van der Waals surface area contributed by atoms with E-state index in [4.69, 9.17) is 11.6 Å². The molecule has 2 amide bonds. The van der Waals surface area contributed by atoms with Crippen LogP contribution in [0.4, 0.5) is 49.7 Å². The Balaban J connectivity index is 1.64. The molecule has 3 heterocycles. The van der Waals surface area contributed by atoms with Crippen molar-refractivity contribution in [1.82, 2.24) is 29.9 Å². The van der Waals surface area contributed by atoms with E-state index in [1.165, 1.54) is 38.3 Å². The molecule has 0 radical (unpaired) electrons. The molecule has 0 fully saturated rings. The number of carbonyl (C=O) groups is 3. The number of benzene rings is 2. The van der Waals surface area contributed by atoms with E-state index in [2.05, 4.69) is 32.3 Å². The van der Waals surface area contributed by atoms with Gasteiger partial charge >= 0.3 is 18.3 Å². The van der Waals surface area contributed by atoms with Crippen LogP contribution in [0.5, 0.6) is 0 Å². The summed E-state index contributed by atoms with van der Waals surface area (Å²) in [4.78, 5) is 43.0. The maximum atomic E-state index is 15.3. The molecule has 352 valence electrons. The third-order valence-corrected chi connectivity index (χ3v) is 13.0. The molecule has 25 heteroatoms. The average molecular weight is 994 g/mol. The Hall–Kier alpha value is -5.67. The van der Waals surface area contributed by atoms with Crippen LogP contribution in [-0.2, 0) is 67.8 Å². The van der Waals surface area contributed by atoms with Gasteiger partial charge in [0, 0.05) is 52.5 Å². The van der Waals surface area contributed by atoms with Crippen LogP contribution in [0, 0.1) is 23.5 Å². The highest BCUT2D eigenvalue weighted by molar-refractivity contribution is 7.86. The Labute approximate surface area is 378 Å². The summed E-state index contributed by atoms with van der Waals surface area (Å²) in [6.07, 6.45) is -9.90. The largest absolute Gasteiger partial charge is 0.435 e. The molecule has 1 aliphatic carbocycles. The van der Waals surface area contributed by atoms with Crippen molar-refractivity contribution in [3.8, 4) is 23.0 Å². The highest BCUT2D eigenvalue weighted by atomic mass is 35.5. The predicted molar refractivity (Wildman–Crippen MR) is 222 cm³/mol. The molecule has 0 saturated heterocycles. The number of nitrogens with zero attached hydrogens (tertiary/aromatic N) is 6. The molecule has 2 aromatic carbocycles. The quantitative estimate of drug-likeness (QED) is 0.0576. The number of rotatable bonds is 12. The molecular weight excluding hydrogens is 960 g/mol. The second-order valence-electron chi connectivity index (χ2n) is 15.6. The first-order chi connectivity index (χ1) is 30.5. The van der Waals surface area contributed by atoms with Crippen LogP contribution in [-0.4, -0.2) is 74.5 Å². The Morgan fingerprint density at radius 1 is 1.00 bits per heavy atom. The van der Waals surface area contributed by atoms with Gasteiger partial charge in [0.1, 0.15) is 51.8 Å². The number of halogens is 11. The van der Waals surface area contributed by atoms with Crippen LogP contribution < -0.4 is 9.62 Å². The third-order valence-electron chi connectivity index (χ3n) is 10.3. The summed E-state index contributed by atoms with van der Waals surface area (Å²) < 4.78 is 170. The smallest absolute Gasteiger partial charge is 0.346 e. The monoisotopic (exact) mass is 993 g/mol. The first kappa shape index (κ1) is 49.8. The van der Waals surface area contributed by atoms with Gasteiger partial charge in [0.05, 0.1) is 27.7 Å². The first-order valence-corrected chi connectivity index (χ1v) is 22.5. The van der Waals surface area contributed by atoms with Crippen LogP contribution in [0.25, 0.3) is 22.0 Å². The molecule has 5 aromatic rings. The van der Waals surface area contributed by atoms with E-state index in [-0.39, 0.29) is 48.4 Å². The molecule has 12 nitrogen and oxygen atoms in total. The van der Waals surface area contributed by atoms with Crippen molar-refractivity contribution in [3.05, 3.63) is 93.0 Å². The highest BCUT2D eigenvalue weighted by Crippen LogP contribution is 2.52. The molecule has 0 bridgehead atoms. The van der Waals surface area contributed by atoms with Gasteiger partial charge in [-0.3, -0.25) is 28.0 Å². The Kier molecular flexibility index (Phi) is 13.7. The first-order valence-electron chi connectivity index (χ1n) is 19.1. The number of amides is 2. The summed E-state index contributed by atoms with van der Waals surface area (Å²) >= 11 is 6.54. The van der Waals surface area contributed by atoms with Gasteiger partial charge < -0.3 is 5.32 Å². The van der Waals surface area contributed by atoms with Crippen molar-refractivity contribution >= 4 is 68.2 Å². The van der Waals surface area contributed by atoms with Crippen molar-refractivity contribution < 1.29 is 66.7 Å². The number of carbonyl (C=O) groups excluding carboxylic acids is 3. The molecule has 0 aliphatic heterocycles. The van der Waals surface area contributed by atoms with Gasteiger partial charge in [-0.05, 0) is 68.0 Å². The molecular formula is C41H34ClF10N7O5S2. The third kappa shape index (κ3) is 10.3. The fourth-order valence-corrected chi connectivity index (χ4v) is 8.52. The van der Waals surface area contributed by atoms with Crippen molar-refractivity contribution in [3.63, 3.8) is 0 Å². The summed E-state index contributed by atoms with van der Waals surface area (Å²) in [5.41, 5.74) is -5.31. The Morgan fingerprint density at radius 2 is 1.64 bits per heavy atom. The minimum absolute atomic E-state index is 0.149. The zero-order valence-electron chi connectivity index (χ0n) is 34.8. The zero-order chi connectivity index (χ0) is 49.0. The second kappa shape index (κ2) is 18.2. The van der Waals surface area contributed by atoms with Gasteiger partial charge in [-0.25, -0.2) is 22.3 Å². The summed E-state index contributed by atoms with van der Waals surface area (Å²) in [6, 6.07) is 5.30. The van der Waals surface area contributed by atoms with E-state index in [9.17, 15) is 57.9 Å². The molecule has 6 rings (SSSR count). The number of pyridine rings is 1. The minimum atomic E-state index is -5.21. The van der Waals surface area contributed by atoms with Crippen molar-refractivity contribution in [1.29, 1.82) is 0 Å². The van der Waals surface area contributed by atoms with Crippen LogP contribution in [0.2, 0.25) is 5.02 Å². The Morgan fingerprint density at radius 3 is 2.21 bits per heavy atom. The van der Waals surface area contributed by atoms with Crippen molar-refractivity contribution in [2.24, 2.45) is 0 Å². The van der Waals surface area contributed by atoms with Crippen molar-refractivity contribution in [2.75, 3.05) is 16.8 Å². The lowest BCUT2D eigenvalue weighted by molar-refractivity contribution is -0.143. The second-order valence-corrected chi connectivity index (χ2v) is 19.2. The summed E-state index contributed by atoms with van der Waals surface area (Å²) in [5, 5.41) is 8.92. The van der Waals surface area contributed by atoms with Gasteiger partial charge in [0.2, 0.25) is 12.2 Å². The van der Waals surface area contributed by atoms with Crippen LogP contribution in [0.1, 0.15) is 73.1 Å². The molecule has 0 spiro atoms. The number of fused-ring (bicyclic) bond motifs is 2. The topological polar surface area (TPSA) is 149 Å². The standard InChI is InChI=1S/C41H34ClF10N7O5S2/c1-20-16-39(45,46)36-31(20)35(41(50,51)52)55-57(36)17-29(61)54-28(14-21-12-22(43)15-23(44)13-21)33-25(7-6-24(53-33)10-11-38(2,3)65(4)63)26-8-9-27(42)32-34(26)58(19-40(47,48)49)56-37(32)59(66(5)64)30(62)18-60/h6-9,12-13,15,18,20,28H,14,16-17,19H2,1-5H3,(H,54,61)/t20-,28?,65?,66?/m0/s1. The fourth-order valence-electron chi connectivity index (χ4n) is 7.42. The highest BCUT2D eigenvalue weighted by Gasteiger charge is 2.53. The van der Waals surface area contributed by atoms with E-state index in [1.807, 2.05) is 0 Å². The SMILES string of the molecule is C[C@H]1CC(F)(F)c2c1c(C(F)(F)F)nn2CC(=O)NC(Cc1cc(F)cc(F)c1)c1nc(C#CC(C)(C)S(C)=O)ccc1-c1ccc(Cl)c2c(N(C(=O)C=O)S(C)=O)nn(CC(F)(F)F)c12. The minimum Gasteiger partial charge on any atom is -0.346 e. The number of alkyl halides is 8. The molecule has 3 aromatic heterocycles. The van der Waals surface area contributed by atoms with E-state index in [0.29, 0.717) is 10.7 Å².